The minimum atomic E-state index is -3.66. The van der Waals surface area contributed by atoms with Crippen molar-refractivity contribution in [1.82, 2.24) is 0 Å². The van der Waals surface area contributed by atoms with E-state index in [1.807, 2.05) is 0 Å². The molecule has 0 bridgehead atoms. The van der Waals surface area contributed by atoms with E-state index in [0.717, 1.165) is 12.8 Å². The van der Waals surface area contributed by atoms with E-state index in [4.69, 9.17) is 9.42 Å². The SMILES string of the molecule is CCCCCCCCCCCCOP(=O)(O)[O][Hg]. The molecular weight excluding hydrogens is 440 g/mol. The average Bonchev–Trinajstić information content (AvgIpc) is 2.36. The standard InChI is InChI=1S/C12H27O4P.Hg/c1-2-3-4-5-6-7-8-9-10-11-12-16-17(13,14)15;/h2-12H2,1H3,(H2,13,14,15);/q;+1/p-1. The van der Waals surface area contributed by atoms with E-state index in [9.17, 15) is 4.57 Å². The summed E-state index contributed by atoms with van der Waals surface area (Å²) in [5, 5.41) is 0. The van der Waals surface area contributed by atoms with Crippen LogP contribution in [0, 0.1) is 0 Å². The maximum atomic E-state index is 11.0. The van der Waals surface area contributed by atoms with E-state index in [1.165, 1.54) is 51.4 Å². The fourth-order valence-electron chi connectivity index (χ4n) is 1.81. The molecule has 0 aliphatic carbocycles. The topological polar surface area (TPSA) is 55.8 Å². The first-order valence-corrected chi connectivity index (χ1v) is 10.8. The third kappa shape index (κ3) is 13.5. The predicted octanol–water partition coefficient (Wildman–Crippen LogP) is 4.50. The molecule has 1 atom stereocenters. The summed E-state index contributed by atoms with van der Waals surface area (Å²) in [6.07, 6.45) is 12.4. The average molecular weight is 466 g/mol. The molecule has 0 aromatic carbocycles. The zero-order chi connectivity index (χ0) is 13.7. The molecule has 18 heavy (non-hydrogen) atoms. The fraction of sp³-hybridized carbons (Fsp3) is 1.00. The summed E-state index contributed by atoms with van der Waals surface area (Å²) in [7, 11) is -3.66. The van der Waals surface area contributed by atoms with E-state index in [0.29, 0.717) is 6.61 Å². The molecular formula is C12H26HgO4P. The van der Waals surface area contributed by atoms with Gasteiger partial charge in [-0.05, 0) is 0 Å². The van der Waals surface area contributed by atoms with Crippen molar-refractivity contribution in [2.45, 2.75) is 71.1 Å². The van der Waals surface area contributed by atoms with Crippen LogP contribution in [0.15, 0.2) is 0 Å². The fourth-order valence-corrected chi connectivity index (χ4v) is 3.11. The van der Waals surface area contributed by atoms with E-state index < -0.39 is 7.82 Å². The van der Waals surface area contributed by atoms with E-state index in [-0.39, 0.29) is 26.6 Å². The number of hydrogen-bond donors (Lipinski definition) is 1. The second-order valence-corrected chi connectivity index (χ2v) is 9.08. The third-order valence-electron chi connectivity index (χ3n) is 2.92. The van der Waals surface area contributed by atoms with Gasteiger partial charge in [0.15, 0.2) is 0 Å². The van der Waals surface area contributed by atoms with Crippen molar-refractivity contribution >= 4 is 7.82 Å². The van der Waals surface area contributed by atoms with Crippen molar-refractivity contribution in [2.75, 3.05) is 6.61 Å². The molecule has 0 spiro atoms. The Morgan fingerprint density at radius 3 is 1.83 bits per heavy atom. The molecule has 105 valence electrons. The molecule has 0 heterocycles. The molecule has 0 aliphatic rings. The van der Waals surface area contributed by atoms with Crippen molar-refractivity contribution in [1.29, 1.82) is 0 Å². The summed E-state index contributed by atoms with van der Waals surface area (Å²) < 4.78 is 20.3. The van der Waals surface area contributed by atoms with Gasteiger partial charge in [-0.1, -0.05) is 19.8 Å². The van der Waals surface area contributed by atoms with Gasteiger partial charge in [0.05, 0.1) is 0 Å². The normalized spacial score (nSPS) is 14.7. The van der Waals surface area contributed by atoms with Crippen molar-refractivity contribution in [2.24, 2.45) is 0 Å². The Labute approximate surface area is 128 Å². The van der Waals surface area contributed by atoms with Crippen molar-refractivity contribution in [3.05, 3.63) is 0 Å². The van der Waals surface area contributed by atoms with Crippen LogP contribution in [0.2, 0.25) is 0 Å². The second kappa shape index (κ2) is 13.0. The first-order chi connectivity index (χ1) is 8.62. The maximum absolute atomic E-state index is 11.0. The number of hydrogen-bond acceptors (Lipinski definition) is 3. The Balaban J connectivity index is 3.10. The van der Waals surface area contributed by atoms with Gasteiger partial charge in [-0.25, -0.2) is 0 Å². The second-order valence-electron chi connectivity index (χ2n) is 4.61. The zero-order valence-corrected chi connectivity index (χ0v) is 18.0. The summed E-state index contributed by atoms with van der Waals surface area (Å²) >= 11 is -0.150. The number of unbranched alkanes of at least 4 members (excludes halogenated alkanes) is 9. The molecule has 1 N–H and O–H groups in total. The van der Waals surface area contributed by atoms with Gasteiger partial charge in [-0.15, -0.1) is 0 Å². The van der Waals surface area contributed by atoms with Gasteiger partial charge in [-0.3, -0.25) is 0 Å². The molecule has 0 saturated carbocycles. The van der Waals surface area contributed by atoms with Crippen LogP contribution in [-0.4, -0.2) is 11.5 Å². The van der Waals surface area contributed by atoms with Crippen LogP contribution in [0.25, 0.3) is 0 Å². The van der Waals surface area contributed by atoms with Gasteiger partial charge < -0.3 is 0 Å². The van der Waals surface area contributed by atoms with Crippen molar-refractivity contribution < 1.29 is 43.0 Å². The molecule has 0 radical (unpaired) electrons. The van der Waals surface area contributed by atoms with E-state index in [1.54, 1.807) is 0 Å². The summed E-state index contributed by atoms with van der Waals surface area (Å²) in [4.78, 5) is 9.03. The molecule has 0 fully saturated rings. The molecule has 1 unspecified atom stereocenters. The molecule has 6 heteroatoms. The number of phosphoric ester groups is 1. The van der Waals surface area contributed by atoms with Gasteiger partial charge >= 0.3 is 109 Å². The monoisotopic (exact) mass is 467 g/mol. The minimum absolute atomic E-state index is 0.150. The Morgan fingerprint density at radius 2 is 1.39 bits per heavy atom. The van der Waals surface area contributed by atoms with Gasteiger partial charge in [-0.2, -0.15) is 0 Å². The Bertz CT molecular complexity index is 226. The van der Waals surface area contributed by atoms with E-state index >= 15 is 0 Å². The quantitative estimate of drug-likeness (QED) is 0.247. The van der Waals surface area contributed by atoms with Crippen LogP contribution >= 0.6 is 7.82 Å². The molecule has 0 rings (SSSR count). The van der Waals surface area contributed by atoms with Crippen LogP contribution in [0.5, 0.6) is 0 Å². The first-order valence-electron chi connectivity index (χ1n) is 7.03. The van der Waals surface area contributed by atoms with Gasteiger partial charge in [0.1, 0.15) is 0 Å². The van der Waals surface area contributed by atoms with Crippen LogP contribution in [0.4, 0.5) is 0 Å². The van der Waals surface area contributed by atoms with Gasteiger partial charge in [0, 0.05) is 0 Å². The summed E-state index contributed by atoms with van der Waals surface area (Å²) in [6, 6.07) is 0. The summed E-state index contributed by atoms with van der Waals surface area (Å²) in [6.45, 7) is 2.57. The molecule has 0 aliphatic heterocycles. The molecule has 0 amide bonds. The number of rotatable bonds is 13. The Morgan fingerprint density at radius 1 is 0.944 bits per heavy atom. The van der Waals surface area contributed by atoms with Crippen LogP contribution in [0.3, 0.4) is 0 Å². The van der Waals surface area contributed by atoms with Crippen LogP contribution < -0.4 is 0 Å². The van der Waals surface area contributed by atoms with Crippen LogP contribution in [-0.2, 0) is 38.1 Å². The molecule has 0 aromatic rings. The molecule has 4 nitrogen and oxygen atoms in total. The Hall–Kier alpha value is 1.05. The van der Waals surface area contributed by atoms with E-state index in [2.05, 4.69) is 9.35 Å². The first kappa shape index (κ1) is 19.0. The predicted molar refractivity (Wildman–Crippen MR) is 68.7 cm³/mol. The third-order valence-corrected chi connectivity index (χ3v) is 7.56. The number of phosphoric acid groups is 1. The van der Waals surface area contributed by atoms with Gasteiger partial charge in [0.25, 0.3) is 0 Å². The molecule has 0 saturated heterocycles. The zero-order valence-electron chi connectivity index (χ0n) is 11.6. The van der Waals surface area contributed by atoms with Crippen molar-refractivity contribution in [3.8, 4) is 0 Å². The molecule has 0 aromatic heterocycles. The Kier molecular flexibility index (Phi) is 13.8. The van der Waals surface area contributed by atoms with Crippen molar-refractivity contribution in [3.63, 3.8) is 0 Å². The summed E-state index contributed by atoms with van der Waals surface area (Å²) in [5.74, 6) is 0. The van der Waals surface area contributed by atoms with Crippen LogP contribution in [0.1, 0.15) is 71.1 Å². The summed E-state index contributed by atoms with van der Waals surface area (Å²) in [5.41, 5.74) is 0. The van der Waals surface area contributed by atoms with Gasteiger partial charge in [0.2, 0.25) is 0 Å².